The van der Waals surface area contributed by atoms with Crippen molar-refractivity contribution in [2.75, 3.05) is 36.4 Å². The molecule has 0 unspecified atom stereocenters. The molecule has 0 saturated carbocycles. The van der Waals surface area contributed by atoms with E-state index in [0.717, 1.165) is 15.8 Å². The van der Waals surface area contributed by atoms with E-state index in [-0.39, 0.29) is 17.4 Å². The Bertz CT molecular complexity index is 1430. The van der Waals surface area contributed by atoms with Crippen LogP contribution in [-0.4, -0.2) is 42.9 Å². The van der Waals surface area contributed by atoms with Gasteiger partial charge in [-0.25, -0.2) is 4.39 Å². The van der Waals surface area contributed by atoms with Gasteiger partial charge in [-0.2, -0.15) is 0 Å². The molecule has 1 fully saturated rings. The molecule has 1 saturated heterocycles. The van der Waals surface area contributed by atoms with Gasteiger partial charge < -0.3 is 15.1 Å². The summed E-state index contributed by atoms with van der Waals surface area (Å²) in [6.45, 7) is 1.89. The van der Waals surface area contributed by atoms with E-state index in [0.29, 0.717) is 46.8 Å². The highest BCUT2D eigenvalue weighted by Gasteiger charge is 2.26. The maximum absolute atomic E-state index is 14.1. The van der Waals surface area contributed by atoms with Gasteiger partial charge in [-0.15, -0.1) is 11.3 Å². The normalized spacial score (nSPS) is 13.8. The van der Waals surface area contributed by atoms with E-state index in [1.54, 1.807) is 29.2 Å². The second-order valence-corrected chi connectivity index (χ2v) is 9.98. The van der Waals surface area contributed by atoms with Gasteiger partial charge >= 0.3 is 0 Å². The van der Waals surface area contributed by atoms with Crippen LogP contribution in [0.15, 0.2) is 66.7 Å². The first-order chi connectivity index (χ1) is 16.9. The number of rotatable bonds is 4. The highest BCUT2D eigenvalue weighted by Crippen LogP contribution is 2.37. The van der Waals surface area contributed by atoms with Crippen molar-refractivity contribution in [1.82, 2.24) is 4.90 Å². The summed E-state index contributed by atoms with van der Waals surface area (Å²) in [5, 5.41) is 4.71. The molecule has 0 aliphatic carbocycles. The summed E-state index contributed by atoms with van der Waals surface area (Å²) in [5.74, 6) is -1.16. The number of nitrogens with one attached hydrogen (secondary N) is 1. The Morgan fingerprint density at radius 2 is 1.63 bits per heavy atom. The van der Waals surface area contributed by atoms with Gasteiger partial charge in [0.05, 0.1) is 22.0 Å². The zero-order valence-electron chi connectivity index (χ0n) is 18.4. The highest BCUT2D eigenvalue weighted by molar-refractivity contribution is 7.21. The van der Waals surface area contributed by atoms with Gasteiger partial charge in [0.1, 0.15) is 10.7 Å². The summed E-state index contributed by atoms with van der Waals surface area (Å²) in [5.41, 5.74) is 1.42. The van der Waals surface area contributed by atoms with E-state index < -0.39 is 5.82 Å². The SMILES string of the molecule is O=C(Nc1cc(Cl)ccc1N1CCN(C(=O)c2ccccc2F)CC1)c1sc2ccccc2c1Cl. The van der Waals surface area contributed by atoms with E-state index in [2.05, 4.69) is 10.2 Å². The zero-order valence-corrected chi connectivity index (χ0v) is 20.8. The number of halogens is 3. The van der Waals surface area contributed by atoms with Crippen LogP contribution >= 0.6 is 34.5 Å². The third kappa shape index (κ3) is 4.72. The minimum Gasteiger partial charge on any atom is -0.366 e. The van der Waals surface area contributed by atoms with E-state index >= 15 is 0 Å². The lowest BCUT2D eigenvalue weighted by Crippen LogP contribution is -2.49. The molecule has 3 aromatic carbocycles. The molecular weight excluding hydrogens is 508 g/mol. The van der Waals surface area contributed by atoms with E-state index in [1.807, 2.05) is 30.3 Å². The number of hydrogen-bond donors (Lipinski definition) is 1. The predicted molar refractivity (Wildman–Crippen MR) is 141 cm³/mol. The Kier molecular flexibility index (Phi) is 6.65. The quantitative estimate of drug-likeness (QED) is 0.326. The van der Waals surface area contributed by atoms with Crippen LogP contribution in [0.5, 0.6) is 0 Å². The van der Waals surface area contributed by atoms with Gasteiger partial charge in [0, 0.05) is 41.3 Å². The topological polar surface area (TPSA) is 52.7 Å². The highest BCUT2D eigenvalue weighted by atomic mass is 35.5. The van der Waals surface area contributed by atoms with Crippen molar-refractivity contribution in [3.05, 3.63) is 93.0 Å². The molecule has 1 aliphatic rings. The van der Waals surface area contributed by atoms with Crippen molar-refractivity contribution < 1.29 is 14.0 Å². The molecule has 5 rings (SSSR count). The number of thiophene rings is 1. The van der Waals surface area contributed by atoms with Gasteiger partial charge in [0.15, 0.2) is 0 Å². The largest absolute Gasteiger partial charge is 0.366 e. The fourth-order valence-corrected chi connectivity index (χ4v) is 5.76. The number of amides is 2. The first-order valence-electron chi connectivity index (χ1n) is 11.0. The van der Waals surface area contributed by atoms with Gasteiger partial charge in [-0.05, 0) is 36.4 Å². The molecule has 0 radical (unpaired) electrons. The Morgan fingerprint density at radius 1 is 0.914 bits per heavy atom. The number of nitrogens with zero attached hydrogens (tertiary/aromatic N) is 2. The summed E-state index contributed by atoms with van der Waals surface area (Å²) in [6, 6.07) is 18.9. The number of carbonyl (C=O) groups is 2. The standard InChI is InChI=1S/C26H20Cl2FN3O2S/c27-16-9-10-21(31-11-13-32(14-12-31)26(34)17-5-1-3-7-19(17)29)20(15-16)30-25(33)24-23(28)18-6-2-4-8-22(18)35-24/h1-10,15H,11-14H2,(H,30,33). The molecule has 0 bridgehead atoms. The Hall–Kier alpha value is -3.13. The van der Waals surface area contributed by atoms with Gasteiger partial charge in [-0.3, -0.25) is 9.59 Å². The number of carbonyl (C=O) groups excluding carboxylic acids is 2. The molecule has 0 atom stereocenters. The lowest BCUT2D eigenvalue weighted by molar-refractivity contribution is 0.0742. The van der Waals surface area contributed by atoms with Crippen molar-refractivity contribution in [1.29, 1.82) is 0 Å². The lowest BCUT2D eigenvalue weighted by Gasteiger charge is -2.37. The molecule has 35 heavy (non-hydrogen) atoms. The fraction of sp³-hybridized carbons (Fsp3) is 0.154. The molecule has 178 valence electrons. The van der Waals surface area contributed by atoms with Crippen LogP contribution in [0, 0.1) is 5.82 Å². The molecule has 1 aromatic heterocycles. The van der Waals surface area contributed by atoms with E-state index in [4.69, 9.17) is 23.2 Å². The maximum atomic E-state index is 14.1. The van der Waals surface area contributed by atoms with Gasteiger partial charge in [-0.1, -0.05) is 53.5 Å². The minimum atomic E-state index is -0.525. The third-order valence-electron chi connectivity index (χ3n) is 5.96. The third-order valence-corrected chi connectivity index (χ3v) is 7.87. The van der Waals surface area contributed by atoms with Crippen molar-refractivity contribution in [3.63, 3.8) is 0 Å². The summed E-state index contributed by atoms with van der Waals surface area (Å²) < 4.78 is 15.0. The summed E-state index contributed by atoms with van der Waals surface area (Å²) >= 11 is 14.1. The van der Waals surface area contributed by atoms with Crippen molar-refractivity contribution in [2.24, 2.45) is 0 Å². The fourth-order valence-electron chi connectivity index (χ4n) is 4.18. The van der Waals surface area contributed by atoms with Crippen LogP contribution in [-0.2, 0) is 0 Å². The van der Waals surface area contributed by atoms with E-state index in [9.17, 15) is 14.0 Å². The molecular formula is C26H20Cl2FN3O2S. The predicted octanol–water partition coefficient (Wildman–Crippen LogP) is 6.56. The Labute approximate surface area is 215 Å². The molecule has 9 heteroatoms. The number of piperazine rings is 1. The smallest absolute Gasteiger partial charge is 0.267 e. The second kappa shape index (κ2) is 9.85. The molecule has 0 spiro atoms. The average Bonchev–Trinajstić information content (AvgIpc) is 3.21. The van der Waals surface area contributed by atoms with Crippen molar-refractivity contribution >= 4 is 67.8 Å². The molecule has 5 nitrogen and oxygen atoms in total. The number of fused-ring (bicyclic) bond motifs is 1. The lowest BCUT2D eigenvalue weighted by atomic mass is 10.1. The minimum absolute atomic E-state index is 0.0700. The van der Waals surface area contributed by atoms with Crippen LogP contribution in [0.3, 0.4) is 0 Å². The molecule has 2 amide bonds. The molecule has 2 heterocycles. The number of hydrogen-bond acceptors (Lipinski definition) is 4. The summed E-state index contributed by atoms with van der Waals surface area (Å²) in [4.78, 5) is 30.1. The van der Waals surface area contributed by atoms with Crippen LogP contribution < -0.4 is 10.2 Å². The first kappa shape index (κ1) is 23.6. The molecule has 4 aromatic rings. The van der Waals surface area contributed by atoms with Crippen molar-refractivity contribution in [3.8, 4) is 0 Å². The first-order valence-corrected chi connectivity index (χ1v) is 12.6. The van der Waals surface area contributed by atoms with Gasteiger partial charge in [0.25, 0.3) is 11.8 Å². The summed E-state index contributed by atoms with van der Waals surface area (Å²) in [7, 11) is 0. The van der Waals surface area contributed by atoms with Crippen molar-refractivity contribution in [2.45, 2.75) is 0 Å². The Balaban J connectivity index is 1.34. The average molecular weight is 528 g/mol. The number of benzene rings is 3. The molecule has 1 aliphatic heterocycles. The van der Waals surface area contributed by atoms with Gasteiger partial charge in [0.2, 0.25) is 0 Å². The van der Waals surface area contributed by atoms with Crippen LogP contribution in [0.4, 0.5) is 15.8 Å². The van der Waals surface area contributed by atoms with Crippen LogP contribution in [0.25, 0.3) is 10.1 Å². The van der Waals surface area contributed by atoms with Crippen LogP contribution in [0.2, 0.25) is 10.0 Å². The monoisotopic (exact) mass is 527 g/mol. The second-order valence-electron chi connectivity index (χ2n) is 8.12. The maximum Gasteiger partial charge on any atom is 0.267 e. The number of anilines is 2. The Morgan fingerprint density at radius 3 is 2.37 bits per heavy atom. The van der Waals surface area contributed by atoms with Crippen LogP contribution in [0.1, 0.15) is 20.0 Å². The summed E-state index contributed by atoms with van der Waals surface area (Å²) in [6.07, 6.45) is 0. The molecule has 1 N–H and O–H groups in total. The van der Waals surface area contributed by atoms with E-state index in [1.165, 1.54) is 23.5 Å². The zero-order chi connectivity index (χ0) is 24.5.